The van der Waals surface area contributed by atoms with Gasteiger partial charge in [-0.2, -0.15) is 0 Å². The van der Waals surface area contributed by atoms with E-state index in [1.165, 1.54) is 0 Å². The van der Waals surface area contributed by atoms with Gasteiger partial charge >= 0.3 is 19.8 Å². The van der Waals surface area contributed by atoms with Crippen molar-refractivity contribution in [3.8, 4) is 0 Å². The molecule has 0 saturated carbocycles. The molecule has 0 rings (SSSR count). The van der Waals surface area contributed by atoms with Crippen molar-refractivity contribution in [3.63, 3.8) is 0 Å². The Morgan fingerprint density at radius 1 is 0.938 bits per heavy atom. The Balaban J connectivity index is 4.67. The van der Waals surface area contributed by atoms with E-state index in [1.54, 1.807) is 6.08 Å². The number of hydrogen-bond donors (Lipinski definition) is 3. The minimum Gasteiger partial charge on any atom is -0.461 e. The second kappa shape index (κ2) is 19.2. The summed E-state index contributed by atoms with van der Waals surface area (Å²) in [6.07, 6.45) is 7.84. The lowest BCUT2D eigenvalue weighted by Gasteiger charge is -2.20. The van der Waals surface area contributed by atoms with Crippen molar-refractivity contribution in [2.24, 2.45) is 0 Å². The number of esters is 2. The van der Waals surface area contributed by atoms with Crippen molar-refractivity contribution < 1.29 is 47.8 Å². The van der Waals surface area contributed by atoms with Crippen LogP contribution in [-0.2, 0) is 32.7 Å². The van der Waals surface area contributed by atoms with Gasteiger partial charge < -0.3 is 24.6 Å². The van der Waals surface area contributed by atoms with Crippen LogP contribution in [0.2, 0.25) is 0 Å². The number of phosphoric ester groups is 1. The van der Waals surface area contributed by atoms with Crippen LogP contribution in [0.15, 0.2) is 12.2 Å². The number of aliphatic hydroxyl groups is 2. The number of ether oxygens (including phenoxy) is 2. The average Bonchev–Trinajstić information content (AvgIpc) is 2.76. The van der Waals surface area contributed by atoms with E-state index in [1.807, 2.05) is 13.0 Å². The lowest BCUT2D eigenvalue weighted by atomic mass is 10.1. The maximum Gasteiger partial charge on any atom is 0.472 e. The fourth-order valence-electron chi connectivity index (χ4n) is 2.37. The third kappa shape index (κ3) is 18.3. The van der Waals surface area contributed by atoms with Gasteiger partial charge in [0.25, 0.3) is 0 Å². The van der Waals surface area contributed by atoms with E-state index in [0.717, 1.165) is 38.5 Å². The van der Waals surface area contributed by atoms with Gasteiger partial charge in [0.05, 0.1) is 26.2 Å². The predicted octanol–water partition coefficient (Wildman–Crippen LogP) is 3.04. The van der Waals surface area contributed by atoms with E-state index in [-0.39, 0.29) is 19.4 Å². The Morgan fingerprint density at radius 2 is 1.62 bits per heavy atom. The Kier molecular flexibility index (Phi) is 18.4. The van der Waals surface area contributed by atoms with E-state index in [9.17, 15) is 24.2 Å². The number of aliphatic hydroxyl groups excluding tert-OH is 2. The van der Waals surface area contributed by atoms with Crippen molar-refractivity contribution in [1.82, 2.24) is 0 Å². The molecular weight excluding hydrogens is 443 g/mol. The van der Waals surface area contributed by atoms with Gasteiger partial charge in [-0.25, -0.2) is 4.57 Å². The van der Waals surface area contributed by atoms with Crippen molar-refractivity contribution in [2.45, 2.75) is 83.8 Å². The second-order valence-corrected chi connectivity index (χ2v) is 8.77. The second-order valence-electron chi connectivity index (χ2n) is 7.32. The molecule has 10 nitrogen and oxygen atoms in total. The molecule has 0 heterocycles. The average molecular weight is 483 g/mol. The van der Waals surface area contributed by atoms with Crippen LogP contribution in [0.1, 0.15) is 71.6 Å². The summed E-state index contributed by atoms with van der Waals surface area (Å²) in [6, 6.07) is 0. The summed E-state index contributed by atoms with van der Waals surface area (Å²) in [5, 5.41) is 17.9. The number of rotatable bonds is 20. The fraction of sp³-hybridized carbons (Fsp3) is 0.810. The molecule has 0 amide bonds. The molecule has 3 atom stereocenters. The highest BCUT2D eigenvalue weighted by Crippen LogP contribution is 2.43. The first-order valence-corrected chi connectivity index (χ1v) is 12.6. The van der Waals surface area contributed by atoms with E-state index in [2.05, 4.69) is 11.4 Å². The Morgan fingerprint density at radius 3 is 2.28 bits per heavy atom. The first-order valence-electron chi connectivity index (χ1n) is 11.1. The molecule has 11 heteroatoms. The molecule has 0 aromatic heterocycles. The minimum absolute atomic E-state index is 0.0584. The van der Waals surface area contributed by atoms with Gasteiger partial charge in [-0.05, 0) is 12.8 Å². The smallest absolute Gasteiger partial charge is 0.461 e. The highest BCUT2D eigenvalue weighted by molar-refractivity contribution is 7.47. The minimum atomic E-state index is -4.58. The SMILES string of the molecule is CCCC/C=C\CC(=O)OC[C@H](COP(=O)(O)OC[C@@H](O)CO)OC(=O)CCCCCC. The van der Waals surface area contributed by atoms with Gasteiger partial charge in [-0.3, -0.25) is 18.6 Å². The lowest BCUT2D eigenvalue weighted by Crippen LogP contribution is -2.29. The zero-order chi connectivity index (χ0) is 24.2. The largest absolute Gasteiger partial charge is 0.472 e. The number of phosphoric acid groups is 1. The van der Waals surface area contributed by atoms with Crippen molar-refractivity contribution in [2.75, 3.05) is 26.4 Å². The number of hydrogen-bond acceptors (Lipinski definition) is 9. The van der Waals surface area contributed by atoms with Crippen LogP contribution >= 0.6 is 7.82 Å². The summed E-state index contributed by atoms with van der Waals surface area (Å²) < 4.78 is 31.6. The molecule has 0 aliphatic carbocycles. The Bertz CT molecular complexity index is 581. The molecule has 0 radical (unpaired) electrons. The first kappa shape index (κ1) is 30.7. The summed E-state index contributed by atoms with van der Waals surface area (Å²) in [6.45, 7) is 1.95. The third-order valence-corrected chi connectivity index (χ3v) is 5.15. The number of carbonyl (C=O) groups excluding carboxylic acids is 2. The molecule has 0 saturated heterocycles. The monoisotopic (exact) mass is 482 g/mol. The van der Waals surface area contributed by atoms with E-state index in [4.69, 9.17) is 19.1 Å². The van der Waals surface area contributed by atoms with Crippen LogP contribution in [0.5, 0.6) is 0 Å². The molecule has 0 bridgehead atoms. The van der Waals surface area contributed by atoms with E-state index in [0.29, 0.717) is 6.42 Å². The van der Waals surface area contributed by atoms with Gasteiger partial charge in [0.2, 0.25) is 0 Å². The summed E-state index contributed by atoms with van der Waals surface area (Å²) in [4.78, 5) is 33.6. The lowest BCUT2D eigenvalue weighted by molar-refractivity contribution is -0.160. The van der Waals surface area contributed by atoms with Crippen molar-refractivity contribution in [1.29, 1.82) is 0 Å². The van der Waals surface area contributed by atoms with Crippen molar-refractivity contribution in [3.05, 3.63) is 12.2 Å². The molecule has 0 aliphatic rings. The Labute approximate surface area is 190 Å². The van der Waals surface area contributed by atoms with Crippen LogP contribution in [-0.4, -0.2) is 65.7 Å². The van der Waals surface area contributed by atoms with Crippen LogP contribution in [0.3, 0.4) is 0 Å². The summed E-state index contributed by atoms with van der Waals surface area (Å²) in [7, 11) is -4.58. The number of carbonyl (C=O) groups is 2. The molecule has 0 fully saturated rings. The van der Waals surface area contributed by atoms with E-state index < -0.39 is 51.8 Å². The van der Waals surface area contributed by atoms with Crippen LogP contribution in [0.4, 0.5) is 0 Å². The Hall–Kier alpha value is -1.29. The third-order valence-electron chi connectivity index (χ3n) is 4.20. The molecule has 0 aromatic rings. The maximum absolute atomic E-state index is 12.1. The van der Waals surface area contributed by atoms with Crippen LogP contribution in [0.25, 0.3) is 0 Å². The fourth-order valence-corrected chi connectivity index (χ4v) is 3.16. The quantitative estimate of drug-likeness (QED) is 0.102. The van der Waals surface area contributed by atoms with Crippen LogP contribution < -0.4 is 0 Å². The van der Waals surface area contributed by atoms with Gasteiger partial charge in [0.15, 0.2) is 6.10 Å². The van der Waals surface area contributed by atoms with Crippen molar-refractivity contribution >= 4 is 19.8 Å². The normalized spacial score (nSPS) is 15.3. The van der Waals surface area contributed by atoms with Crippen LogP contribution in [0, 0.1) is 0 Å². The summed E-state index contributed by atoms with van der Waals surface area (Å²) in [5.74, 6) is -1.06. The predicted molar refractivity (Wildman–Crippen MR) is 118 cm³/mol. The topological polar surface area (TPSA) is 149 Å². The highest BCUT2D eigenvalue weighted by Gasteiger charge is 2.27. The van der Waals surface area contributed by atoms with Gasteiger partial charge in [-0.15, -0.1) is 0 Å². The molecule has 3 N–H and O–H groups in total. The molecule has 32 heavy (non-hydrogen) atoms. The van der Waals surface area contributed by atoms with Gasteiger partial charge in [0.1, 0.15) is 12.7 Å². The zero-order valence-electron chi connectivity index (χ0n) is 19.1. The molecule has 0 aromatic carbocycles. The number of unbranched alkanes of at least 4 members (excludes halogenated alkanes) is 5. The highest BCUT2D eigenvalue weighted by atomic mass is 31.2. The molecule has 188 valence electrons. The van der Waals surface area contributed by atoms with Gasteiger partial charge in [0, 0.05) is 6.42 Å². The molecule has 0 spiro atoms. The molecular formula is C21H39O10P. The summed E-state index contributed by atoms with van der Waals surface area (Å²) >= 11 is 0. The van der Waals surface area contributed by atoms with E-state index >= 15 is 0 Å². The van der Waals surface area contributed by atoms with Gasteiger partial charge in [-0.1, -0.05) is 58.1 Å². The summed E-state index contributed by atoms with van der Waals surface area (Å²) in [5.41, 5.74) is 0. The number of allylic oxidation sites excluding steroid dienone is 1. The molecule has 0 aliphatic heterocycles. The maximum atomic E-state index is 12.1. The molecule has 1 unspecified atom stereocenters. The standard InChI is InChI=1S/C21H39O10P/c1-3-5-7-9-11-12-20(24)28-16-19(31-21(25)13-10-8-6-4-2)17-30-32(26,27)29-15-18(23)14-22/h9,11,18-19,22-23H,3-8,10,12-17H2,1-2H3,(H,26,27)/b11-9-/t18-,19+/m0/s1. The zero-order valence-corrected chi connectivity index (χ0v) is 20.0. The first-order chi connectivity index (χ1) is 15.2.